The van der Waals surface area contributed by atoms with Gasteiger partial charge in [0.1, 0.15) is 0 Å². The van der Waals surface area contributed by atoms with Gasteiger partial charge in [0.2, 0.25) is 0 Å². The Morgan fingerprint density at radius 1 is 1.54 bits per heavy atom. The van der Waals surface area contributed by atoms with Gasteiger partial charge < -0.3 is 5.11 Å². The van der Waals surface area contributed by atoms with Gasteiger partial charge in [-0.3, -0.25) is 4.79 Å². The molecule has 2 nitrogen and oxygen atoms in total. The molecule has 1 aliphatic carbocycles. The van der Waals surface area contributed by atoms with E-state index in [9.17, 15) is 4.79 Å². The molecule has 13 heavy (non-hydrogen) atoms. The fourth-order valence-electron chi connectivity index (χ4n) is 1.92. The molecule has 0 spiro atoms. The normalized spacial score (nSPS) is 34.5. The topological polar surface area (TPSA) is 37.3 Å². The number of carboxylic acid groups (broad SMARTS) is 1. The second-order valence-electron chi connectivity index (χ2n) is 4.37. The molecule has 0 saturated heterocycles. The van der Waals surface area contributed by atoms with Gasteiger partial charge in [0.05, 0.1) is 0 Å². The number of thiol groups is 1. The number of carbonyl (C=O) groups is 1. The summed E-state index contributed by atoms with van der Waals surface area (Å²) in [6, 6.07) is 0. The lowest BCUT2D eigenvalue weighted by atomic mass is 9.80. The molecule has 1 fully saturated rings. The highest BCUT2D eigenvalue weighted by atomic mass is 32.1. The van der Waals surface area contributed by atoms with Crippen LogP contribution < -0.4 is 0 Å². The van der Waals surface area contributed by atoms with E-state index in [0.29, 0.717) is 12.3 Å². The van der Waals surface area contributed by atoms with Gasteiger partial charge in [0.25, 0.3) is 0 Å². The predicted octanol–water partition coefficient (Wildman–Crippen LogP) is 2.73. The van der Waals surface area contributed by atoms with Crippen molar-refractivity contribution in [2.45, 2.75) is 50.2 Å². The molecule has 1 rings (SSSR count). The number of hydrogen-bond donors (Lipinski definition) is 2. The van der Waals surface area contributed by atoms with Crippen molar-refractivity contribution in [1.29, 1.82) is 0 Å². The highest BCUT2D eigenvalue weighted by Crippen LogP contribution is 2.37. The first-order chi connectivity index (χ1) is 5.99. The second kappa shape index (κ2) is 4.36. The van der Waals surface area contributed by atoms with Gasteiger partial charge in [0.15, 0.2) is 0 Å². The van der Waals surface area contributed by atoms with Crippen molar-refractivity contribution in [3.63, 3.8) is 0 Å². The zero-order chi connectivity index (χ0) is 9.90. The maximum atomic E-state index is 10.4. The quantitative estimate of drug-likeness (QED) is 0.690. The Hall–Kier alpha value is -0.180. The second-order valence-corrected chi connectivity index (χ2v) is 5.45. The van der Waals surface area contributed by atoms with Gasteiger partial charge in [0, 0.05) is 11.2 Å². The first-order valence-corrected chi connectivity index (χ1v) is 5.38. The van der Waals surface area contributed by atoms with Crippen LogP contribution in [0.15, 0.2) is 0 Å². The molecular weight excluding hydrogens is 184 g/mol. The van der Waals surface area contributed by atoms with E-state index in [1.807, 2.05) is 0 Å². The largest absolute Gasteiger partial charge is 0.481 e. The minimum absolute atomic E-state index is 0.194. The summed E-state index contributed by atoms with van der Waals surface area (Å²) in [5, 5.41) is 8.53. The highest BCUT2D eigenvalue weighted by Gasteiger charge is 2.27. The number of aliphatic carboxylic acids is 1. The van der Waals surface area contributed by atoms with Crippen molar-refractivity contribution >= 4 is 18.6 Å². The third kappa shape index (κ3) is 4.03. The molecule has 0 aromatic carbocycles. The predicted molar refractivity (Wildman–Crippen MR) is 56.2 cm³/mol. The summed E-state index contributed by atoms with van der Waals surface area (Å²) >= 11 is 4.55. The molecule has 1 saturated carbocycles. The molecule has 1 aliphatic rings. The standard InChI is InChI=1S/C10H18O2S/c1-10(13)6-4-8(5-7-10)2-3-9(11)12/h8,13H,2-7H2,1H3,(H,11,12). The SMILES string of the molecule is CC1(S)CCC(CCC(=O)O)CC1. The van der Waals surface area contributed by atoms with Crippen molar-refractivity contribution in [3.05, 3.63) is 0 Å². The zero-order valence-corrected chi connectivity index (χ0v) is 9.02. The molecule has 0 aliphatic heterocycles. The van der Waals surface area contributed by atoms with Crippen molar-refractivity contribution in [3.8, 4) is 0 Å². The summed E-state index contributed by atoms with van der Waals surface area (Å²) in [5.41, 5.74) is 0. The molecule has 3 heteroatoms. The van der Waals surface area contributed by atoms with E-state index in [-0.39, 0.29) is 4.75 Å². The lowest BCUT2D eigenvalue weighted by Crippen LogP contribution is -2.25. The van der Waals surface area contributed by atoms with E-state index >= 15 is 0 Å². The first-order valence-electron chi connectivity index (χ1n) is 4.94. The van der Waals surface area contributed by atoms with Crippen molar-refractivity contribution < 1.29 is 9.90 Å². The molecular formula is C10H18O2S. The zero-order valence-electron chi connectivity index (χ0n) is 8.12. The number of rotatable bonds is 3. The van der Waals surface area contributed by atoms with E-state index < -0.39 is 5.97 Å². The summed E-state index contributed by atoms with van der Waals surface area (Å²) in [4.78, 5) is 10.4. The Balaban J connectivity index is 2.21. The molecule has 0 aromatic heterocycles. The van der Waals surface area contributed by atoms with Crippen molar-refractivity contribution in [1.82, 2.24) is 0 Å². The van der Waals surface area contributed by atoms with Crippen LogP contribution in [0.1, 0.15) is 45.4 Å². The van der Waals surface area contributed by atoms with Crippen molar-refractivity contribution in [2.75, 3.05) is 0 Å². The average Bonchev–Trinajstić information content (AvgIpc) is 2.02. The maximum Gasteiger partial charge on any atom is 0.303 e. The van der Waals surface area contributed by atoms with Crippen LogP contribution in [0.25, 0.3) is 0 Å². The Labute approximate surface area is 85.1 Å². The summed E-state index contributed by atoms with van der Waals surface area (Å²) in [7, 11) is 0. The van der Waals surface area contributed by atoms with Crippen LogP contribution in [0.3, 0.4) is 0 Å². The van der Waals surface area contributed by atoms with E-state index in [1.165, 1.54) is 0 Å². The molecule has 0 heterocycles. The molecule has 0 radical (unpaired) electrons. The van der Waals surface area contributed by atoms with E-state index in [4.69, 9.17) is 5.11 Å². The Bertz CT molecular complexity index is 179. The van der Waals surface area contributed by atoms with Gasteiger partial charge in [-0.2, -0.15) is 12.6 Å². The minimum Gasteiger partial charge on any atom is -0.481 e. The minimum atomic E-state index is -0.667. The van der Waals surface area contributed by atoms with Gasteiger partial charge in [-0.15, -0.1) is 0 Å². The summed E-state index contributed by atoms with van der Waals surface area (Å²) in [5.74, 6) is -0.0458. The van der Waals surface area contributed by atoms with Crippen LogP contribution in [0.4, 0.5) is 0 Å². The fraction of sp³-hybridized carbons (Fsp3) is 0.900. The number of hydrogen-bond acceptors (Lipinski definition) is 2. The van der Waals surface area contributed by atoms with Gasteiger partial charge >= 0.3 is 5.97 Å². The van der Waals surface area contributed by atoms with E-state index in [0.717, 1.165) is 32.1 Å². The van der Waals surface area contributed by atoms with E-state index in [1.54, 1.807) is 0 Å². The van der Waals surface area contributed by atoms with Crippen LogP contribution in [-0.2, 0) is 4.79 Å². The van der Waals surface area contributed by atoms with Crippen LogP contribution in [-0.4, -0.2) is 15.8 Å². The third-order valence-electron chi connectivity index (χ3n) is 2.95. The highest BCUT2D eigenvalue weighted by molar-refractivity contribution is 7.81. The smallest absolute Gasteiger partial charge is 0.303 e. The van der Waals surface area contributed by atoms with Crippen LogP contribution in [0.5, 0.6) is 0 Å². The summed E-state index contributed by atoms with van der Waals surface area (Å²) in [6.07, 6.45) is 5.72. The van der Waals surface area contributed by atoms with Crippen LogP contribution in [0, 0.1) is 5.92 Å². The Morgan fingerprint density at radius 3 is 2.54 bits per heavy atom. The van der Waals surface area contributed by atoms with Gasteiger partial charge in [-0.05, 0) is 38.0 Å². The molecule has 1 N–H and O–H groups in total. The van der Waals surface area contributed by atoms with Crippen LogP contribution >= 0.6 is 12.6 Å². The third-order valence-corrected chi connectivity index (χ3v) is 3.40. The molecule has 0 unspecified atom stereocenters. The lowest BCUT2D eigenvalue weighted by Gasteiger charge is -2.33. The first kappa shape index (κ1) is 10.9. The molecule has 0 amide bonds. The number of carboxylic acids is 1. The maximum absolute atomic E-state index is 10.4. The van der Waals surface area contributed by atoms with Gasteiger partial charge in [-0.25, -0.2) is 0 Å². The fourth-order valence-corrected chi connectivity index (χ4v) is 2.17. The molecule has 0 atom stereocenters. The molecule has 76 valence electrons. The molecule has 0 bridgehead atoms. The van der Waals surface area contributed by atoms with Crippen molar-refractivity contribution in [2.24, 2.45) is 5.92 Å². The lowest BCUT2D eigenvalue weighted by molar-refractivity contribution is -0.137. The monoisotopic (exact) mass is 202 g/mol. The van der Waals surface area contributed by atoms with E-state index in [2.05, 4.69) is 19.6 Å². The average molecular weight is 202 g/mol. The Kier molecular flexibility index (Phi) is 3.65. The summed E-state index contributed by atoms with van der Waals surface area (Å²) < 4.78 is 0.194. The Morgan fingerprint density at radius 2 is 2.08 bits per heavy atom. The summed E-state index contributed by atoms with van der Waals surface area (Å²) in [6.45, 7) is 2.17. The molecule has 0 aromatic rings. The van der Waals surface area contributed by atoms with Gasteiger partial charge in [-0.1, -0.05) is 6.92 Å². The van der Waals surface area contributed by atoms with Crippen LogP contribution in [0.2, 0.25) is 0 Å².